The molecule has 0 saturated carbocycles. The van der Waals surface area contributed by atoms with E-state index in [1.165, 1.54) is 25.3 Å². The van der Waals surface area contributed by atoms with Gasteiger partial charge in [0.25, 0.3) is 5.91 Å². The zero-order chi connectivity index (χ0) is 43.2. The van der Waals surface area contributed by atoms with Gasteiger partial charge in [0.1, 0.15) is 0 Å². The molecule has 2 heterocycles. The van der Waals surface area contributed by atoms with Crippen LogP contribution < -0.4 is 10.2 Å². The molecule has 5 rings (SSSR count). The molecule has 8 heteroatoms. The maximum atomic E-state index is 14.2. The summed E-state index contributed by atoms with van der Waals surface area (Å²) in [6, 6.07) is 5.46. The number of ether oxygens (including phenoxy) is 1. The molecule has 3 aromatic rings. The Balaban J connectivity index is 1.70. The minimum absolute atomic E-state index is 0.0398. The number of piperazine rings is 1. The first-order valence-corrected chi connectivity index (χ1v) is 12.3. The number of methoxy groups -OCH3 is 1. The number of carbonyl (C=O) groups excluding carboxylic acids is 3. The van der Waals surface area contributed by atoms with Crippen molar-refractivity contribution < 1.29 is 41.1 Å². The summed E-state index contributed by atoms with van der Waals surface area (Å²) in [5.41, 5.74) is -0.387. The van der Waals surface area contributed by atoms with Gasteiger partial charge in [-0.2, -0.15) is 0 Å². The Bertz CT molecular complexity index is 2150. The van der Waals surface area contributed by atoms with Crippen molar-refractivity contribution in [1.29, 1.82) is 0 Å². The molecule has 0 radical (unpaired) electrons. The Hall–Kier alpha value is -4.27. The van der Waals surface area contributed by atoms with Gasteiger partial charge in [-0.3, -0.25) is 14.5 Å². The van der Waals surface area contributed by atoms with Gasteiger partial charge in [-0.25, -0.2) is 4.79 Å². The molecule has 0 aliphatic carbocycles. The maximum Gasteiger partial charge on any atom is 0.337 e. The number of hydrogen-bond donors (Lipinski definition) is 1. The van der Waals surface area contributed by atoms with Gasteiger partial charge < -0.3 is 19.9 Å². The van der Waals surface area contributed by atoms with Gasteiger partial charge >= 0.3 is 5.97 Å². The second kappa shape index (κ2) is 12.1. The van der Waals surface area contributed by atoms with Crippen LogP contribution in [-0.2, 0) is 20.7 Å². The average molecular weight is 569 g/mol. The van der Waals surface area contributed by atoms with E-state index in [9.17, 15) is 14.4 Å². The molecule has 2 aliphatic heterocycles. The van der Waals surface area contributed by atoms with Crippen molar-refractivity contribution in [2.24, 2.45) is 0 Å². The molecular weight excluding hydrogens is 516 g/mol. The lowest BCUT2D eigenvalue weighted by Crippen LogP contribution is -2.52. The third-order valence-corrected chi connectivity index (χ3v) is 6.37. The van der Waals surface area contributed by atoms with E-state index in [-0.39, 0.29) is 22.4 Å². The van der Waals surface area contributed by atoms with E-state index in [4.69, 9.17) is 26.7 Å². The Morgan fingerprint density at radius 1 is 1.17 bits per heavy atom. The number of rotatable bonds is 7. The Morgan fingerprint density at radius 3 is 2.63 bits per heavy atom. The topological polar surface area (TPSA) is 82.2 Å². The Morgan fingerprint density at radius 2 is 1.93 bits per heavy atom. The van der Waals surface area contributed by atoms with Gasteiger partial charge in [0.15, 0.2) is 0 Å². The number of esters is 1. The van der Waals surface area contributed by atoms with Crippen LogP contribution in [0.5, 0.6) is 0 Å². The van der Waals surface area contributed by atoms with Crippen LogP contribution in [0.4, 0.5) is 11.4 Å². The van der Waals surface area contributed by atoms with E-state index in [0.717, 1.165) is 14.0 Å². The number of fused-ring (bicyclic) bond motifs is 1. The smallest absolute Gasteiger partial charge is 0.337 e. The van der Waals surface area contributed by atoms with Gasteiger partial charge in [0, 0.05) is 63.1 Å². The number of anilines is 2. The van der Waals surface area contributed by atoms with Crippen molar-refractivity contribution in [3.63, 3.8) is 0 Å². The zero-order valence-corrected chi connectivity index (χ0v) is 22.3. The summed E-state index contributed by atoms with van der Waals surface area (Å²) in [6.07, 6.45) is -0.498. The van der Waals surface area contributed by atoms with E-state index >= 15 is 0 Å². The van der Waals surface area contributed by atoms with Gasteiger partial charge in [0.05, 0.1) is 33.0 Å². The fourth-order valence-corrected chi connectivity index (χ4v) is 4.18. The zero-order valence-electron chi connectivity index (χ0n) is 38.3. The Kier molecular flexibility index (Phi) is 4.29. The molecule has 1 atom stereocenters. The molecule has 212 valence electrons. The molecule has 0 aromatic heterocycles. The molecule has 0 spiro atoms. The lowest BCUT2D eigenvalue weighted by molar-refractivity contribution is -0.120. The lowest BCUT2D eigenvalue weighted by atomic mass is 9.90. The van der Waals surface area contributed by atoms with Crippen molar-refractivity contribution in [1.82, 2.24) is 9.80 Å². The third kappa shape index (κ3) is 6.09. The molecule has 0 bridgehead atoms. The van der Waals surface area contributed by atoms with Crippen LogP contribution in [0.25, 0.3) is 11.1 Å². The van der Waals surface area contributed by atoms with Crippen LogP contribution in [-0.4, -0.2) is 80.7 Å². The van der Waals surface area contributed by atoms with Gasteiger partial charge in [-0.05, 0) is 61.3 Å². The second-order valence-corrected chi connectivity index (χ2v) is 9.00. The fraction of sp³-hybridized carbons (Fsp3) is 0.303. The number of amides is 2. The summed E-state index contributed by atoms with van der Waals surface area (Å²) in [5, 5.41) is 2.66. The first-order valence-electron chi connectivity index (χ1n) is 20.3. The fourth-order valence-electron chi connectivity index (χ4n) is 4.18. The van der Waals surface area contributed by atoms with Crippen LogP contribution in [0, 0.1) is 0 Å². The highest BCUT2D eigenvalue weighted by molar-refractivity contribution is 6.37. The van der Waals surface area contributed by atoms with Crippen LogP contribution >= 0.6 is 0 Å². The van der Waals surface area contributed by atoms with Crippen molar-refractivity contribution >= 4 is 40.3 Å². The van der Waals surface area contributed by atoms with Gasteiger partial charge in [-0.15, -0.1) is 0 Å². The number of allylic oxidation sites excluding steroid dienone is 1. The minimum Gasteiger partial charge on any atom is -0.465 e. The van der Waals surface area contributed by atoms with Crippen molar-refractivity contribution in [2.75, 3.05) is 57.3 Å². The molecular formula is C33H36N4O4. The molecule has 2 amide bonds. The minimum atomic E-state index is -4.16. The maximum absolute atomic E-state index is 14.2. The molecule has 1 fully saturated rings. The number of carbonyl (C=O) groups is 3. The summed E-state index contributed by atoms with van der Waals surface area (Å²) < 4.78 is 142. The molecule has 41 heavy (non-hydrogen) atoms. The van der Waals surface area contributed by atoms with E-state index in [1.807, 2.05) is 0 Å². The largest absolute Gasteiger partial charge is 0.465 e. The molecule has 1 N–H and O–H groups in total. The van der Waals surface area contributed by atoms with Crippen molar-refractivity contribution in [2.45, 2.75) is 19.4 Å². The Labute approximate surface area is 263 Å². The molecule has 8 nitrogen and oxygen atoms in total. The summed E-state index contributed by atoms with van der Waals surface area (Å²) in [7, 11) is 2.05. The predicted octanol–water partition coefficient (Wildman–Crippen LogP) is 4.18. The normalized spacial score (nSPS) is 30.3. The summed E-state index contributed by atoms with van der Waals surface area (Å²) in [5.74, 6) is -3.63. The summed E-state index contributed by atoms with van der Waals surface area (Å²) >= 11 is 0. The highest BCUT2D eigenvalue weighted by atomic mass is 16.5. The summed E-state index contributed by atoms with van der Waals surface area (Å²) in [4.78, 5) is 39.3. The highest BCUT2D eigenvalue weighted by Crippen LogP contribution is 2.39. The molecule has 2 aliphatic rings. The number of benzene rings is 3. The first kappa shape index (κ1) is 14.6. The second-order valence-electron chi connectivity index (χ2n) is 9.00. The van der Waals surface area contributed by atoms with Crippen LogP contribution in [0.15, 0.2) is 72.7 Å². The van der Waals surface area contributed by atoms with Crippen molar-refractivity contribution in [3.05, 3.63) is 95.0 Å². The first-order chi connectivity index (χ1) is 26.0. The number of nitrogens with one attached hydrogen (secondary N) is 1. The quantitative estimate of drug-likeness (QED) is 0.340. The third-order valence-electron chi connectivity index (χ3n) is 6.37. The van der Waals surface area contributed by atoms with Crippen LogP contribution in [0.1, 0.15) is 55.9 Å². The van der Waals surface area contributed by atoms with Crippen molar-refractivity contribution in [3.8, 4) is 0 Å². The monoisotopic (exact) mass is 568 g/mol. The van der Waals surface area contributed by atoms with E-state index in [2.05, 4.69) is 5.32 Å². The van der Waals surface area contributed by atoms with E-state index < -0.39 is 108 Å². The molecule has 1 unspecified atom stereocenters. The predicted molar refractivity (Wildman–Crippen MR) is 162 cm³/mol. The molecule has 3 aromatic carbocycles. The lowest BCUT2D eigenvalue weighted by Gasteiger charge is -2.37. The highest BCUT2D eigenvalue weighted by Gasteiger charge is 2.29. The van der Waals surface area contributed by atoms with E-state index in [1.54, 1.807) is 30.3 Å². The number of hydrogen-bond acceptors (Lipinski definition) is 6. The average Bonchev–Trinajstić information content (AvgIpc) is 3.44. The standard InChI is InChI=1S/C33H36N4O4/c1-22-20-37(17-16-35(22)2)21-30(38)36(3)26-13-10-23(11-14-26)18-28(24-8-6-5-7-9-24)31-27-15-12-25(33(40)41-4)19-29(27)34-32(31)39/h5-15,19,22H,16-18,20-21H2,1-4H3,(H,34,39)/b31-28+/i3D3,10D,11D,13D,14D,16D2,17D2,20D2,21D2,22D. The van der Waals surface area contributed by atoms with Crippen LogP contribution in [0.3, 0.4) is 0 Å². The molecule has 1 saturated heterocycles. The number of nitrogens with zero attached hydrogens (tertiary/aromatic N) is 3. The van der Waals surface area contributed by atoms with Gasteiger partial charge in [0.2, 0.25) is 5.91 Å². The van der Waals surface area contributed by atoms with Crippen LogP contribution in [0.2, 0.25) is 0 Å². The SMILES string of the molecule is [2H]c1c([2H])c(N(C(=O)C([2H])([2H])N2C([2H])([2H])C([2H])([2H])N(C)C([2H])(C)C2([2H])[2H])C([2H])([2H])[2H])c([2H])c([2H])c1C/C(=C1\C(=O)Nc2cc(C(=O)OC)ccc21)c1ccccc1. The number of likely N-dealkylation sites (N-methyl/N-ethyl adjacent to an activating group) is 2. The summed E-state index contributed by atoms with van der Waals surface area (Å²) in [6.45, 7) is -17.9. The van der Waals surface area contributed by atoms with Gasteiger partial charge in [-0.1, -0.05) is 48.5 Å². The van der Waals surface area contributed by atoms with E-state index in [0.29, 0.717) is 16.0 Å².